The monoisotopic (exact) mass is 586 g/mol. The number of carbonyl (C=O) groups is 3. The molecule has 0 bridgehead atoms. The Bertz CT molecular complexity index is 1380. The predicted molar refractivity (Wildman–Crippen MR) is 165 cm³/mol. The zero-order valence-corrected chi connectivity index (χ0v) is 25.2. The van der Waals surface area contributed by atoms with E-state index in [1.165, 1.54) is 5.56 Å². The molecule has 1 aliphatic heterocycles. The highest BCUT2D eigenvalue weighted by atomic mass is 16.5. The molecular formula is C34H42N4O5. The van der Waals surface area contributed by atoms with Crippen molar-refractivity contribution < 1.29 is 24.2 Å². The third-order valence-corrected chi connectivity index (χ3v) is 7.78. The minimum atomic E-state index is -0.440. The van der Waals surface area contributed by atoms with Crippen LogP contribution in [0.3, 0.4) is 0 Å². The first-order valence-corrected chi connectivity index (χ1v) is 14.9. The molecular weight excluding hydrogens is 544 g/mol. The van der Waals surface area contributed by atoms with Crippen molar-refractivity contribution in [3.8, 4) is 5.75 Å². The molecule has 0 aromatic heterocycles. The number of hydrogen-bond donors (Lipinski definition) is 3. The van der Waals surface area contributed by atoms with E-state index < -0.39 is 5.91 Å². The summed E-state index contributed by atoms with van der Waals surface area (Å²) < 4.78 is 4.87. The van der Waals surface area contributed by atoms with Gasteiger partial charge in [0.2, 0.25) is 5.91 Å². The Labute approximate surface area is 253 Å². The number of rotatable bonds is 11. The van der Waals surface area contributed by atoms with Crippen LogP contribution in [-0.4, -0.2) is 64.5 Å². The molecule has 0 aliphatic carbocycles. The Morgan fingerprint density at radius 1 is 0.884 bits per heavy atom. The lowest BCUT2D eigenvalue weighted by Gasteiger charge is -2.47. The lowest BCUT2D eigenvalue weighted by molar-refractivity contribution is -0.143. The number of hydrazine groups is 1. The van der Waals surface area contributed by atoms with Crippen molar-refractivity contribution in [1.82, 2.24) is 20.7 Å². The van der Waals surface area contributed by atoms with Gasteiger partial charge in [0.15, 0.2) is 0 Å². The van der Waals surface area contributed by atoms with Crippen LogP contribution in [0.1, 0.15) is 73.1 Å². The minimum Gasteiger partial charge on any atom is -0.508 e. The quantitative estimate of drug-likeness (QED) is 0.223. The Hall–Kier alpha value is -4.21. The maximum absolute atomic E-state index is 13.0. The van der Waals surface area contributed by atoms with Crippen molar-refractivity contribution in [2.24, 2.45) is 0 Å². The first kappa shape index (κ1) is 31.7. The number of amides is 2. The van der Waals surface area contributed by atoms with Gasteiger partial charge in [-0.05, 0) is 68.1 Å². The first-order valence-electron chi connectivity index (χ1n) is 14.9. The molecule has 1 saturated heterocycles. The van der Waals surface area contributed by atoms with Gasteiger partial charge in [-0.25, -0.2) is 0 Å². The van der Waals surface area contributed by atoms with Gasteiger partial charge in [0.1, 0.15) is 5.75 Å². The Balaban J connectivity index is 1.48. The van der Waals surface area contributed by atoms with Gasteiger partial charge >= 0.3 is 5.97 Å². The van der Waals surface area contributed by atoms with Crippen LogP contribution in [0.2, 0.25) is 0 Å². The maximum Gasteiger partial charge on any atom is 0.305 e. The van der Waals surface area contributed by atoms with Crippen molar-refractivity contribution in [2.75, 3.05) is 19.7 Å². The van der Waals surface area contributed by atoms with Crippen molar-refractivity contribution in [3.63, 3.8) is 0 Å². The standard InChI is InChI=1S/C34H42N4O5/c1-4-43-32(41)18-10-17-31(40)35-36-34(42)29-15-8-13-27(19-29)33(28-14-9-16-30(39)20-28)38-22-24(2)37(21-25(38)3)23-26-11-6-5-7-12-26/h5-9,11-16,19-20,24-25,33,39H,4,10,17-18,21-23H2,1-3H3,(H,35,40)(H,36,42)/t24-,25+,33-/m1/s1. The van der Waals surface area contributed by atoms with Crippen LogP contribution in [0, 0.1) is 0 Å². The van der Waals surface area contributed by atoms with E-state index >= 15 is 0 Å². The highest BCUT2D eigenvalue weighted by Gasteiger charge is 2.35. The van der Waals surface area contributed by atoms with E-state index in [0.717, 1.165) is 30.8 Å². The van der Waals surface area contributed by atoms with Gasteiger partial charge in [-0.15, -0.1) is 0 Å². The van der Waals surface area contributed by atoms with Crippen LogP contribution in [0.4, 0.5) is 0 Å². The topological polar surface area (TPSA) is 111 Å². The summed E-state index contributed by atoms with van der Waals surface area (Å²) in [6, 6.07) is 25.4. The third-order valence-electron chi connectivity index (χ3n) is 7.78. The van der Waals surface area contributed by atoms with Gasteiger partial charge in [0.05, 0.1) is 12.6 Å². The van der Waals surface area contributed by atoms with E-state index in [0.29, 0.717) is 18.6 Å². The number of benzene rings is 3. The van der Waals surface area contributed by atoms with E-state index in [1.54, 1.807) is 25.1 Å². The summed E-state index contributed by atoms with van der Waals surface area (Å²) in [5.41, 5.74) is 8.45. The number of aromatic hydroxyl groups is 1. The molecule has 3 aromatic rings. The molecule has 228 valence electrons. The fraction of sp³-hybridized carbons (Fsp3) is 0.382. The number of nitrogens with one attached hydrogen (secondary N) is 2. The summed E-state index contributed by atoms with van der Waals surface area (Å²) in [5, 5.41) is 10.4. The fourth-order valence-electron chi connectivity index (χ4n) is 5.63. The van der Waals surface area contributed by atoms with Gasteiger partial charge in [-0.1, -0.05) is 54.6 Å². The van der Waals surface area contributed by atoms with Gasteiger partial charge in [-0.2, -0.15) is 0 Å². The second-order valence-electron chi connectivity index (χ2n) is 11.1. The van der Waals surface area contributed by atoms with Crippen LogP contribution >= 0.6 is 0 Å². The number of ether oxygens (including phenoxy) is 1. The third kappa shape index (κ3) is 8.89. The van der Waals surface area contributed by atoms with E-state index in [1.807, 2.05) is 36.4 Å². The summed E-state index contributed by atoms with van der Waals surface area (Å²) in [4.78, 5) is 41.7. The zero-order chi connectivity index (χ0) is 30.8. The largest absolute Gasteiger partial charge is 0.508 e. The van der Waals surface area contributed by atoms with Crippen molar-refractivity contribution in [3.05, 3.63) is 101 Å². The second-order valence-corrected chi connectivity index (χ2v) is 11.1. The van der Waals surface area contributed by atoms with Crippen molar-refractivity contribution in [1.29, 1.82) is 0 Å². The number of piperazine rings is 1. The molecule has 3 N–H and O–H groups in total. The molecule has 0 saturated carbocycles. The van der Waals surface area contributed by atoms with Gasteiger partial charge in [0, 0.05) is 50.1 Å². The molecule has 4 rings (SSSR count). The number of hydrogen-bond acceptors (Lipinski definition) is 7. The number of carbonyl (C=O) groups excluding carboxylic acids is 3. The summed E-state index contributed by atoms with van der Waals surface area (Å²) >= 11 is 0. The van der Waals surface area contributed by atoms with Gasteiger partial charge in [-0.3, -0.25) is 35.0 Å². The van der Waals surface area contributed by atoms with E-state index in [2.05, 4.69) is 58.8 Å². The van der Waals surface area contributed by atoms with E-state index in [-0.39, 0.29) is 48.6 Å². The lowest BCUT2D eigenvalue weighted by Crippen LogP contribution is -2.56. The first-order chi connectivity index (χ1) is 20.7. The van der Waals surface area contributed by atoms with Gasteiger partial charge in [0.25, 0.3) is 5.91 Å². The summed E-state index contributed by atoms with van der Waals surface area (Å²) in [7, 11) is 0. The molecule has 1 fully saturated rings. The smallest absolute Gasteiger partial charge is 0.305 e. The molecule has 3 aromatic carbocycles. The summed E-state index contributed by atoms with van der Waals surface area (Å²) in [6.45, 7) is 9.03. The number of phenolic OH excluding ortho intramolecular Hbond substituents is 1. The van der Waals surface area contributed by atoms with Crippen molar-refractivity contribution >= 4 is 17.8 Å². The molecule has 0 radical (unpaired) electrons. The zero-order valence-electron chi connectivity index (χ0n) is 25.2. The molecule has 9 heteroatoms. The SMILES string of the molecule is CCOC(=O)CCCC(=O)NNC(=O)c1cccc([C@H](c2cccc(O)c2)N2C[C@@H](C)N(Cc3ccccc3)C[C@@H]2C)c1. The molecule has 2 amide bonds. The van der Waals surface area contributed by atoms with Crippen LogP contribution in [0.15, 0.2) is 78.9 Å². The molecule has 1 aliphatic rings. The Morgan fingerprint density at radius 3 is 2.33 bits per heavy atom. The van der Waals surface area contributed by atoms with Crippen LogP contribution in [0.25, 0.3) is 0 Å². The van der Waals surface area contributed by atoms with Gasteiger partial charge < -0.3 is 9.84 Å². The highest BCUT2D eigenvalue weighted by Crippen LogP contribution is 2.35. The normalized spacial score (nSPS) is 18.0. The minimum absolute atomic E-state index is 0.0883. The Kier molecular flexibility index (Phi) is 11.3. The number of phenols is 1. The second kappa shape index (κ2) is 15.3. The number of esters is 1. The maximum atomic E-state index is 13.0. The molecule has 9 nitrogen and oxygen atoms in total. The van der Waals surface area contributed by atoms with Crippen LogP contribution < -0.4 is 10.9 Å². The van der Waals surface area contributed by atoms with Crippen LogP contribution in [0.5, 0.6) is 5.75 Å². The Morgan fingerprint density at radius 2 is 1.60 bits per heavy atom. The summed E-state index contributed by atoms with van der Waals surface area (Å²) in [5.74, 6) is -0.990. The summed E-state index contributed by atoms with van der Waals surface area (Å²) in [6.07, 6.45) is 0.563. The average molecular weight is 587 g/mol. The van der Waals surface area contributed by atoms with E-state index in [4.69, 9.17) is 4.74 Å². The molecule has 3 atom stereocenters. The van der Waals surface area contributed by atoms with Crippen molar-refractivity contribution in [2.45, 2.75) is 64.7 Å². The predicted octanol–water partition coefficient (Wildman–Crippen LogP) is 4.57. The lowest BCUT2D eigenvalue weighted by atomic mass is 9.92. The average Bonchev–Trinajstić information content (AvgIpc) is 2.99. The molecule has 0 spiro atoms. The number of nitrogens with zero attached hydrogens (tertiary/aromatic N) is 2. The molecule has 0 unspecified atom stereocenters. The molecule has 1 heterocycles. The highest BCUT2D eigenvalue weighted by molar-refractivity contribution is 5.95. The molecule has 43 heavy (non-hydrogen) atoms. The van der Waals surface area contributed by atoms with E-state index in [9.17, 15) is 19.5 Å². The fourth-order valence-corrected chi connectivity index (χ4v) is 5.63. The van der Waals surface area contributed by atoms with Crippen LogP contribution in [-0.2, 0) is 20.9 Å².